The first-order valence-electron chi connectivity index (χ1n) is 11.5. The Kier molecular flexibility index (Phi) is 11.0. The molecule has 3 unspecified atom stereocenters. The molecule has 9 N–H and O–H groups in total. The van der Waals surface area contributed by atoms with Crippen LogP contribution in [0.1, 0.15) is 24.0 Å². The van der Waals surface area contributed by atoms with Crippen LogP contribution in [0.5, 0.6) is 5.75 Å². The van der Waals surface area contributed by atoms with Gasteiger partial charge in [0, 0.05) is 19.3 Å². The minimum Gasteiger partial charge on any atom is -0.508 e. The van der Waals surface area contributed by atoms with Gasteiger partial charge in [0.1, 0.15) is 23.9 Å². The second-order valence-corrected chi connectivity index (χ2v) is 8.35. The summed E-state index contributed by atoms with van der Waals surface area (Å²) in [5.74, 6) is -4.14. The number of amides is 4. The summed E-state index contributed by atoms with van der Waals surface area (Å²) < 4.78 is 0. The van der Waals surface area contributed by atoms with Crippen molar-refractivity contribution >= 4 is 29.6 Å². The maximum atomic E-state index is 13.2. The number of hydrogen-bond donors (Lipinski definition) is 7. The number of phenolic OH excluding ortho intramolecular Hbond substituents is 1. The Morgan fingerprint density at radius 2 is 1.27 bits per heavy atom. The fourth-order valence-corrected chi connectivity index (χ4v) is 3.48. The van der Waals surface area contributed by atoms with E-state index < -0.39 is 47.7 Å². The number of aliphatic carboxylic acids is 1. The molecule has 0 radical (unpaired) electrons. The highest BCUT2D eigenvalue weighted by Gasteiger charge is 2.30. The largest absolute Gasteiger partial charge is 0.508 e. The average Bonchev–Trinajstić information content (AvgIpc) is 2.86. The number of benzene rings is 2. The molecule has 0 saturated carbocycles. The summed E-state index contributed by atoms with van der Waals surface area (Å²) in [6, 6.07) is 11.0. The number of hydrogen-bond acceptors (Lipinski definition) is 7. The van der Waals surface area contributed by atoms with Crippen molar-refractivity contribution in [3.8, 4) is 5.75 Å². The number of primary amides is 1. The second-order valence-electron chi connectivity index (χ2n) is 8.35. The van der Waals surface area contributed by atoms with Crippen LogP contribution in [0.2, 0.25) is 0 Å². The van der Waals surface area contributed by atoms with Gasteiger partial charge < -0.3 is 37.6 Å². The zero-order valence-corrected chi connectivity index (χ0v) is 20.1. The standard InChI is InChI=1S/C25H31N5O7/c26-14-22(33)28-19(13-16-6-8-17(31)9-7-16)23(34)30-20(12-15-4-2-1-3-5-15)24(35)29-18(25(36)37)10-11-21(27)32/h1-9,18-20,31H,10-14,26H2,(H2,27,32)(H,28,33)(H,29,35)(H,30,34)(H,36,37). The van der Waals surface area contributed by atoms with Crippen LogP contribution in [-0.4, -0.2) is 64.5 Å². The monoisotopic (exact) mass is 513 g/mol. The number of carbonyl (C=O) groups is 5. The quantitative estimate of drug-likeness (QED) is 0.165. The molecule has 2 aromatic rings. The van der Waals surface area contributed by atoms with E-state index in [2.05, 4.69) is 16.0 Å². The number of phenols is 1. The van der Waals surface area contributed by atoms with Crippen molar-refractivity contribution in [3.63, 3.8) is 0 Å². The Bertz CT molecular complexity index is 1090. The van der Waals surface area contributed by atoms with Crippen LogP contribution in [-0.2, 0) is 36.8 Å². The van der Waals surface area contributed by atoms with Crippen LogP contribution < -0.4 is 27.4 Å². The molecule has 198 valence electrons. The van der Waals surface area contributed by atoms with Crippen molar-refractivity contribution in [2.24, 2.45) is 11.5 Å². The first kappa shape index (κ1) is 28.8. The minimum absolute atomic E-state index is 0.0251. The number of rotatable bonds is 14. The van der Waals surface area contributed by atoms with Gasteiger partial charge >= 0.3 is 5.97 Å². The molecule has 37 heavy (non-hydrogen) atoms. The van der Waals surface area contributed by atoms with E-state index in [0.717, 1.165) is 0 Å². The van der Waals surface area contributed by atoms with Crippen LogP contribution in [0.3, 0.4) is 0 Å². The number of carboxylic acid groups (broad SMARTS) is 1. The summed E-state index contributed by atoms with van der Waals surface area (Å²) in [6.07, 6.45) is -0.420. The first-order valence-corrected chi connectivity index (χ1v) is 11.5. The molecule has 2 aromatic carbocycles. The van der Waals surface area contributed by atoms with E-state index in [9.17, 15) is 34.2 Å². The van der Waals surface area contributed by atoms with Crippen LogP contribution in [0.15, 0.2) is 54.6 Å². The minimum atomic E-state index is -1.40. The van der Waals surface area contributed by atoms with Crippen LogP contribution >= 0.6 is 0 Å². The molecule has 0 bridgehead atoms. The van der Waals surface area contributed by atoms with Crippen molar-refractivity contribution in [1.29, 1.82) is 0 Å². The predicted octanol–water partition coefficient (Wildman–Crippen LogP) is -1.06. The van der Waals surface area contributed by atoms with Crippen molar-refractivity contribution in [1.82, 2.24) is 16.0 Å². The molecule has 2 rings (SSSR count). The van der Waals surface area contributed by atoms with Crippen molar-refractivity contribution in [2.45, 2.75) is 43.8 Å². The molecule has 0 fully saturated rings. The third-order valence-electron chi connectivity index (χ3n) is 5.42. The molecule has 0 saturated heterocycles. The first-order chi connectivity index (χ1) is 17.6. The van der Waals surface area contributed by atoms with E-state index in [-0.39, 0.29) is 38.0 Å². The van der Waals surface area contributed by atoms with Gasteiger partial charge in [-0.15, -0.1) is 0 Å². The number of nitrogens with two attached hydrogens (primary N) is 2. The third kappa shape index (κ3) is 9.98. The van der Waals surface area contributed by atoms with E-state index in [0.29, 0.717) is 11.1 Å². The molecule has 12 nitrogen and oxygen atoms in total. The van der Waals surface area contributed by atoms with Crippen LogP contribution in [0, 0.1) is 0 Å². The normalized spacial score (nSPS) is 13.0. The van der Waals surface area contributed by atoms with E-state index in [1.54, 1.807) is 42.5 Å². The maximum Gasteiger partial charge on any atom is 0.326 e. The van der Waals surface area contributed by atoms with E-state index in [1.807, 2.05) is 0 Å². The Labute approximate surface area is 213 Å². The van der Waals surface area contributed by atoms with E-state index in [1.165, 1.54) is 12.1 Å². The van der Waals surface area contributed by atoms with E-state index >= 15 is 0 Å². The molecule has 0 aromatic heterocycles. The lowest BCUT2D eigenvalue weighted by atomic mass is 10.0. The number of carboxylic acids is 1. The fourth-order valence-electron chi connectivity index (χ4n) is 3.48. The fraction of sp³-hybridized carbons (Fsp3) is 0.320. The number of nitrogens with one attached hydrogen (secondary N) is 3. The highest BCUT2D eigenvalue weighted by atomic mass is 16.4. The van der Waals surface area contributed by atoms with Gasteiger partial charge in [0.05, 0.1) is 6.54 Å². The lowest BCUT2D eigenvalue weighted by Gasteiger charge is -2.25. The zero-order chi connectivity index (χ0) is 27.4. The summed E-state index contributed by atoms with van der Waals surface area (Å²) in [5.41, 5.74) is 11.8. The molecule has 0 aliphatic rings. The smallest absolute Gasteiger partial charge is 0.326 e. The van der Waals surface area contributed by atoms with Gasteiger partial charge in [-0.25, -0.2) is 4.79 Å². The summed E-state index contributed by atoms with van der Waals surface area (Å²) >= 11 is 0. The molecule has 4 amide bonds. The highest BCUT2D eigenvalue weighted by molar-refractivity contribution is 5.94. The Balaban J connectivity index is 2.26. The second kappa shape index (κ2) is 14.2. The molecule has 12 heteroatoms. The summed E-state index contributed by atoms with van der Waals surface area (Å²) in [5, 5.41) is 26.4. The number of carbonyl (C=O) groups excluding carboxylic acids is 4. The van der Waals surface area contributed by atoms with Crippen LogP contribution in [0.25, 0.3) is 0 Å². The predicted molar refractivity (Wildman–Crippen MR) is 133 cm³/mol. The zero-order valence-electron chi connectivity index (χ0n) is 20.1. The van der Waals surface area contributed by atoms with Crippen molar-refractivity contribution < 1.29 is 34.2 Å². The molecular weight excluding hydrogens is 482 g/mol. The van der Waals surface area contributed by atoms with Crippen molar-refractivity contribution in [2.75, 3.05) is 6.54 Å². The maximum absolute atomic E-state index is 13.2. The average molecular weight is 514 g/mol. The van der Waals surface area contributed by atoms with Crippen LogP contribution in [0.4, 0.5) is 0 Å². The topological polar surface area (TPSA) is 214 Å². The summed E-state index contributed by atoms with van der Waals surface area (Å²) in [7, 11) is 0. The highest BCUT2D eigenvalue weighted by Crippen LogP contribution is 2.12. The molecule has 3 atom stereocenters. The van der Waals surface area contributed by atoms with Gasteiger partial charge in [-0.1, -0.05) is 42.5 Å². The van der Waals surface area contributed by atoms with Gasteiger partial charge in [-0.05, 0) is 29.7 Å². The van der Waals surface area contributed by atoms with Gasteiger partial charge in [-0.3, -0.25) is 19.2 Å². The molecule has 0 aliphatic carbocycles. The SMILES string of the molecule is NCC(=O)NC(Cc1ccc(O)cc1)C(=O)NC(Cc1ccccc1)C(=O)NC(CCC(N)=O)C(=O)O. The Morgan fingerprint density at radius 3 is 1.78 bits per heavy atom. The Hall–Kier alpha value is -4.45. The third-order valence-corrected chi connectivity index (χ3v) is 5.42. The molecule has 0 heterocycles. The molecule has 0 aliphatic heterocycles. The van der Waals surface area contributed by atoms with Gasteiger partial charge in [-0.2, -0.15) is 0 Å². The van der Waals surface area contributed by atoms with Gasteiger partial charge in [0.2, 0.25) is 23.6 Å². The lowest BCUT2D eigenvalue weighted by molar-refractivity contribution is -0.142. The van der Waals surface area contributed by atoms with E-state index in [4.69, 9.17) is 11.5 Å². The Morgan fingerprint density at radius 1 is 0.757 bits per heavy atom. The summed E-state index contributed by atoms with van der Waals surface area (Å²) in [4.78, 5) is 61.0. The van der Waals surface area contributed by atoms with Crippen molar-refractivity contribution in [3.05, 3.63) is 65.7 Å². The summed E-state index contributed by atoms with van der Waals surface area (Å²) in [6.45, 7) is -0.368. The molecular formula is C25H31N5O7. The van der Waals surface area contributed by atoms with Gasteiger partial charge in [0.15, 0.2) is 0 Å². The van der Waals surface area contributed by atoms with Gasteiger partial charge in [0.25, 0.3) is 0 Å². The number of aromatic hydroxyl groups is 1. The lowest BCUT2D eigenvalue weighted by Crippen LogP contribution is -2.57. The molecule has 0 spiro atoms.